The lowest BCUT2D eigenvalue weighted by Crippen LogP contribution is -2.29. The van der Waals surface area contributed by atoms with E-state index in [1.807, 2.05) is 4.72 Å². The number of nitrogens with one attached hydrogen (secondary N) is 1. The van der Waals surface area contributed by atoms with Crippen molar-refractivity contribution in [1.82, 2.24) is 4.72 Å². The van der Waals surface area contributed by atoms with Crippen LogP contribution >= 0.6 is 0 Å². The Bertz CT molecular complexity index is 1430. The summed E-state index contributed by atoms with van der Waals surface area (Å²) in [6, 6.07) is 12.2. The molecule has 4 rings (SSSR count). The van der Waals surface area contributed by atoms with Gasteiger partial charge < -0.3 is 20.7 Å². The van der Waals surface area contributed by atoms with Crippen LogP contribution in [0.2, 0.25) is 0 Å². The van der Waals surface area contributed by atoms with Gasteiger partial charge >= 0.3 is 5.97 Å². The third kappa shape index (κ3) is 3.90. The van der Waals surface area contributed by atoms with Crippen LogP contribution in [0.15, 0.2) is 59.5 Å². The summed E-state index contributed by atoms with van der Waals surface area (Å²) < 4.78 is 31.7. The summed E-state index contributed by atoms with van der Waals surface area (Å²) in [4.78, 5) is 36.2. The van der Waals surface area contributed by atoms with Crippen LogP contribution in [0.5, 0.6) is 17.2 Å². The zero-order valence-corrected chi connectivity index (χ0v) is 17.5. The van der Waals surface area contributed by atoms with Gasteiger partial charge in [-0.1, -0.05) is 24.3 Å². The quantitative estimate of drug-likeness (QED) is 0.243. The number of ketones is 2. The number of aromatic hydroxyl groups is 1. The Hall–Kier alpha value is -4.22. The minimum absolute atomic E-state index is 0.105. The number of hydrogen-bond acceptors (Lipinski definition) is 8. The van der Waals surface area contributed by atoms with Gasteiger partial charge in [0.1, 0.15) is 18.0 Å². The molecule has 0 aliphatic heterocycles. The van der Waals surface area contributed by atoms with E-state index in [2.05, 4.69) is 0 Å². The van der Waals surface area contributed by atoms with Crippen LogP contribution in [-0.4, -0.2) is 42.7 Å². The van der Waals surface area contributed by atoms with Crippen LogP contribution in [0.3, 0.4) is 0 Å². The lowest BCUT2D eigenvalue weighted by Gasteiger charge is -2.21. The minimum Gasteiger partial charge on any atom is -0.507 e. The van der Waals surface area contributed by atoms with Gasteiger partial charge in [0.2, 0.25) is 10.0 Å². The molecule has 1 aliphatic carbocycles. The van der Waals surface area contributed by atoms with Crippen molar-refractivity contribution in [3.8, 4) is 17.2 Å². The first-order valence-corrected chi connectivity index (χ1v) is 10.9. The summed E-state index contributed by atoms with van der Waals surface area (Å²) in [6.45, 7) is -0.776. The molecular formula is C22H16N2O8S. The van der Waals surface area contributed by atoms with Crippen molar-refractivity contribution in [2.45, 2.75) is 4.90 Å². The van der Waals surface area contributed by atoms with E-state index in [-0.39, 0.29) is 44.3 Å². The Balaban J connectivity index is 1.67. The number of fused-ring (bicyclic) bond motifs is 2. The number of phenols is 1. The first-order chi connectivity index (χ1) is 15.6. The number of phenolic OH excluding ortho intramolecular Hbond substituents is 1. The molecule has 33 heavy (non-hydrogen) atoms. The second-order valence-corrected chi connectivity index (χ2v) is 8.82. The average Bonchev–Trinajstić information content (AvgIpc) is 2.78. The maximum absolute atomic E-state index is 13.0. The molecule has 5 N–H and O–H groups in total. The van der Waals surface area contributed by atoms with Gasteiger partial charge in [-0.15, -0.1) is 0 Å². The fourth-order valence-corrected chi connectivity index (χ4v) is 4.39. The molecule has 0 unspecified atom stereocenters. The molecule has 0 spiro atoms. The Kier molecular flexibility index (Phi) is 5.36. The van der Waals surface area contributed by atoms with E-state index < -0.39 is 39.9 Å². The van der Waals surface area contributed by atoms with Crippen LogP contribution in [-0.2, 0) is 14.8 Å². The molecule has 10 nitrogen and oxygen atoms in total. The summed E-state index contributed by atoms with van der Waals surface area (Å²) >= 11 is 0. The SMILES string of the molecule is Nc1c(Oc2ccc(S(=O)(=O)NCC(=O)O)cc2)cc(O)c2c1C(=O)c1ccccc1C2=O. The number of aliphatic carboxylic acids is 1. The number of carboxylic acids is 1. The highest BCUT2D eigenvalue weighted by molar-refractivity contribution is 7.89. The number of nitrogen functional groups attached to an aromatic ring is 1. The van der Waals surface area contributed by atoms with E-state index in [1.165, 1.54) is 36.4 Å². The molecule has 0 fully saturated rings. The van der Waals surface area contributed by atoms with E-state index in [4.69, 9.17) is 15.6 Å². The van der Waals surface area contributed by atoms with Gasteiger partial charge in [0.05, 0.1) is 21.7 Å². The summed E-state index contributed by atoms with van der Waals surface area (Å²) in [7, 11) is -4.05. The van der Waals surface area contributed by atoms with E-state index in [0.717, 1.165) is 6.07 Å². The molecule has 0 heterocycles. The lowest BCUT2D eigenvalue weighted by atomic mass is 9.82. The number of hydrogen-bond donors (Lipinski definition) is 4. The maximum Gasteiger partial charge on any atom is 0.318 e. The van der Waals surface area contributed by atoms with Crippen LogP contribution in [0, 0.1) is 0 Å². The number of carbonyl (C=O) groups is 3. The normalized spacial score (nSPS) is 12.7. The van der Waals surface area contributed by atoms with Gasteiger partial charge in [-0.2, -0.15) is 4.72 Å². The molecule has 1 aliphatic rings. The van der Waals surface area contributed by atoms with Gasteiger partial charge in [-0.3, -0.25) is 14.4 Å². The molecule has 0 saturated carbocycles. The fraction of sp³-hybridized carbons (Fsp3) is 0.0455. The largest absolute Gasteiger partial charge is 0.507 e. The van der Waals surface area contributed by atoms with Gasteiger partial charge in [-0.25, -0.2) is 8.42 Å². The number of rotatable bonds is 6. The number of anilines is 1. The van der Waals surface area contributed by atoms with Gasteiger partial charge in [0.15, 0.2) is 17.3 Å². The van der Waals surface area contributed by atoms with Gasteiger partial charge in [-0.05, 0) is 24.3 Å². The van der Waals surface area contributed by atoms with Gasteiger partial charge in [0.25, 0.3) is 0 Å². The van der Waals surface area contributed by atoms with E-state index in [0.29, 0.717) is 0 Å². The molecule has 11 heteroatoms. The summed E-state index contributed by atoms with van der Waals surface area (Å²) in [5, 5.41) is 19.1. The summed E-state index contributed by atoms with van der Waals surface area (Å²) in [5.41, 5.74) is 5.89. The van der Waals surface area contributed by atoms with E-state index in [1.54, 1.807) is 12.1 Å². The maximum atomic E-state index is 13.0. The van der Waals surface area contributed by atoms with Crippen molar-refractivity contribution in [3.05, 3.63) is 76.9 Å². The molecule has 0 saturated heterocycles. The zero-order chi connectivity index (χ0) is 23.9. The summed E-state index contributed by atoms with van der Waals surface area (Å²) in [5.74, 6) is -2.89. The van der Waals surface area contributed by atoms with Crippen molar-refractivity contribution >= 4 is 33.2 Å². The van der Waals surface area contributed by atoms with Gasteiger partial charge in [0, 0.05) is 17.2 Å². The highest BCUT2D eigenvalue weighted by Crippen LogP contribution is 2.42. The third-order valence-corrected chi connectivity index (χ3v) is 6.37. The molecule has 3 aromatic carbocycles. The molecule has 0 amide bonds. The lowest BCUT2D eigenvalue weighted by molar-refractivity contribution is -0.135. The smallest absolute Gasteiger partial charge is 0.318 e. The molecule has 0 aromatic heterocycles. The van der Waals surface area contributed by atoms with Crippen molar-refractivity contribution in [2.75, 3.05) is 12.3 Å². The Morgan fingerprint density at radius 1 is 0.970 bits per heavy atom. The van der Waals surface area contributed by atoms with Crippen LogP contribution in [0.1, 0.15) is 31.8 Å². The zero-order valence-electron chi connectivity index (χ0n) is 16.7. The van der Waals surface area contributed by atoms with Crippen LogP contribution in [0.25, 0.3) is 0 Å². The van der Waals surface area contributed by atoms with Crippen LogP contribution < -0.4 is 15.2 Å². The Labute approximate surface area is 187 Å². The number of carbonyl (C=O) groups excluding carboxylic acids is 2. The number of sulfonamides is 1. The second-order valence-electron chi connectivity index (χ2n) is 7.05. The highest BCUT2D eigenvalue weighted by Gasteiger charge is 2.35. The Morgan fingerprint density at radius 3 is 2.12 bits per heavy atom. The minimum atomic E-state index is -4.05. The predicted molar refractivity (Wildman–Crippen MR) is 115 cm³/mol. The predicted octanol–water partition coefficient (Wildman–Crippen LogP) is 1.90. The molecule has 168 valence electrons. The van der Waals surface area contributed by atoms with E-state index >= 15 is 0 Å². The van der Waals surface area contributed by atoms with Crippen LogP contribution in [0.4, 0.5) is 5.69 Å². The first-order valence-electron chi connectivity index (χ1n) is 9.43. The number of ether oxygens (including phenoxy) is 1. The molecule has 0 atom stereocenters. The number of benzene rings is 3. The van der Waals surface area contributed by atoms with Crippen molar-refractivity contribution in [1.29, 1.82) is 0 Å². The average molecular weight is 468 g/mol. The molecule has 0 bridgehead atoms. The Morgan fingerprint density at radius 2 is 1.55 bits per heavy atom. The standard InChI is InChI=1S/C22H16N2O8S/c23-20-16(32-11-5-7-12(8-6-11)33(30,31)24-10-17(26)27)9-15(25)18-19(20)22(29)14-4-2-1-3-13(14)21(18)28/h1-9,24-25H,10,23H2,(H,26,27). The molecule has 0 radical (unpaired) electrons. The third-order valence-electron chi connectivity index (χ3n) is 4.95. The molecule has 3 aromatic rings. The monoisotopic (exact) mass is 468 g/mol. The summed E-state index contributed by atoms with van der Waals surface area (Å²) in [6.07, 6.45) is 0. The number of carboxylic acid groups (broad SMARTS) is 1. The second kappa shape index (κ2) is 8.04. The fourth-order valence-electron chi connectivity index (χ4n) is 3.41. The van der Waals surface area contributed by atoms with E-state index in [9.17, 15) is 27.9 Å². The topological polar surface area (TPSA) is 173 Å². The van der Waals surface area contributed by atoms with Crippen molar-refractivity contribution < 1.29 is 37.8 Å². The van der Waals surface area contributed by atoms with Crippen molar-refractivity contribution in [3.63, 3.8) is 0 Å². The number of nitrogens with two attached hydrogens (primary N) is 1. The van der Waals surface area contributed by atoms with Crippen molar-refractivity contribution in [2.24, 2.45) is 0 Å². The highest BCUT2D eigenvalue weighted by atomic mass is 32.2. The first kappa shape index (κ1) is 22.0. The molecular weight excluding hydrogens is 452 g/mol.